The van der Waals surface area contributed by atoms with Crippen LogP contribution in [-0.4, -0.2) is 84.0 Å². The first-order valence-electron chi connectivity index (χ1n) is 10.2. The van der Waals surface area contributed by atoms with Crippen molar-refractivity contribution in [3.05, 3.63) is 47.5 Å². The summed E-state index contributed by atoms with van der Waals surface area (Å²) in [5.74, 6) is -1.59. The molecule has 1 saturated heterocycles. The molecule has 1 aromatic carbocycles. The zero-order valence-electron chi connectivity index (χ0n) is 18.2. The average molecular weight is 465 g/mol. The summed E-state index contributed by atoms with van der Waals surface area (Å²) in [6.07, 6.45) is 1.86. The molecule has 1 aliphatic rings. The van der Waals surface area contributed by atoms with E-state index in [4.69, 9.17) is 4.74 Å². The van der Waals surface area contributed by atoms with Crippen molar-refractivity contribution >= 4 is 17.7 Å². The maximum Gasteiger partial charge on any atom is 0.387 e. The third-order valence-corrected chi connectivity index (χ3v) is 5.22. The molecular formula is C21H25F2N5O5. The maximum atomic E-state index is 13.1. The van der Waals surface area contributed by atoms with Crippen molar-refractivity contribution in [2.75, 3.05) is 33.8 Å². The van der Waals surface area contributed by atoms with E-state index in [1.807, 2.05) is 0 Å². The summed E-state index contributed by atoms with van der Waals surface area (Å²) in [6.45, 7) is -2.64. The largest absolute Gasteiger partial charge is 0.434 e. The number of nitrogens with one attached hydrogen (secondary N) is 2. The van der Waals surface area contributed by atoms with E-state index < -0.39 is 18.4 Å². The Hall–Kier alpha value is -3.54. The van der Waals surface area contributed by atoms with Gasteiger partial charge in [-0.3, -0.25) is 14.4 Å². The molecule has 2 N–H and O–H groups in total. The van der Waals surface area contributed by atoms with Crippen molar-refractivity contribution in [1.29, 1.82) is 0 Å². The number of ether oxygens (including phenoxy) is 2. The van der Waals surface area contributed by atoms with Crippen LogP contribution in [0.1, 0.15) is 33.1 Å². The zero-order valence-corrected chi connectivity index (χ0v) is 18.2. The fourth-order valence-corrected chi connectivity index (χ4v) is 3.47. The lowest BCUT2D eigenvalue weighted by Crippen LogP contribution is -2.39. The Kier molecular flexibility index (Phi) is 7.93. The number of para-hydroxylation sites is 1. The van der Waals surface area contributed by atoms with Gasteiger partial charge < -0.3 is 29.6 Å². The number of hydrogen-bond acceptors (Lipinski definition) is 6. The van der Waals surface area contributed by atoms with Gasteiger partial charge in [0, 0.05) is 32.8 Å². The SMILES string of the molecule is CNC(=O)CN(Cc1ccccc1OC(F)F)C(=O)c1cnc(C(=O)N2CCC(OC)C2)[nH]1. The number of nitrogens with zero attached hydrogens (tertiary/aromatic N) is 3. The second-order valence-electron chi connectivity index (χ2n) is 7.36. The Morgan fingerprint density at radius 3 is 2.76 bits per heavy atom. The maximum absolute atomic E-state index is 13.1. The molecule has 178 valence electrons. The number of hydrogen-bond donors (Lipinski definition) is 2. The van der Waals surface area contributed by atoms with Crippen LogP contribution in [0.4, 0.5) is 8.78 Å². The molecule has 10 nitrogen and oxygen atoms in total. The van der Waals surface area contributed by atoms with Crippen molar-refractivity contribution in [2.45, 2.75) is 25.7 Å². The summed E-state index contributed by atoms with van der Waals surface area (Å²) >= 11 is 0. The van der Waals surface area contributed by atoms with Crippen LogP contribution in [-0.2, 0) is 16.1 Å². The Morgan fingerprint density at radius 2 is 2.09 bits per heavy atom. The van der Waals surface area contributed by atoms with Gasteiger partial charge in [0.25, 0.3) is 11.8 Å². The summed E-state index contributed by atoms with van der Waals surface area (Å²) in [5, 5.41) is 2.42. The summed E-state index contributed by atoms with van der Waals surface area (Å²) in [5.41, 5.74) is 0.269. The Morgan fingerprint density at radius 1 is 1.33 bits per heavy atom. The minimum Gasteiger partial charge on any atom is -0.434 e. The van der Waals surface area contributed by atoms with Gasteiger partial charge in [-0.2, -0.15) is 8.78 Å². The number of rotatable bonds is 9. The van der Waals surface area contributed by atoms with E-state index in [0.717, 1.165) is 4.90 Å². The topological polar surface area (TPSA) is 117 Å². The van der Waals surface area contributed by atoms with Gasteiger partial charge in [0.2, 0.25) is 5.91 Å². The molecule has 12 heteroatoms. The van der Waals surface area contributed by atoms with E-state index in [9.17, 15) is 23.2 Å². The fraction of sp³-hybridized carbons (Fsp3) is 0.429. The molecular weight excluding hydrogens is 440 g/mol. The Balaban J connectivity index is 1.79. The zero-order chi connectivity index (χ0) is 24.0. The number of imidazole rings is 1. The van der Waals surface area contributed by atoms with Crippen LogP contribution in [0.2, 0.25) is 0 Å². The first-order chi connectivity index (χ1) is 15.8. The third kappa shape index (κ3) is 6.04. The van der Waals surface area contributed by atoms with Crippen molar-refractivity contribution in [3.63, 3.8) is 0 Å². The minimum atomic E-state index is -3.04. The van der Waals surface area contributed by atoms with E-state index in [1.54, 1.807) is 18.1 Å². The van der Waals surface area contributed by atoms with E-state index in [1.165, 1.54) is 31.4 Å². The monoisotopic (exact) mass is 465 g/mol. The molecule has 0 radical (unpaired) electrons. The van der Waals surface area contributed by atoms with Gasteiger partial charge in [-0.25, -0.2) is 4.98 Å². The highest BCUT2D eigenvalue weighted by molar-refractivity contribution is 5.97. The van der Waals surface area contributed by atoms with Crippen molar-refractivity contribution in [2.24, 2.45) is 0 Å². The molecule has 1 fully saturated rings. The van der Waals surface area contributed by atoms with Crippen molar-refractivity contribution in [3.8, 4) is 5.75 Å². The number of carbonyl (C=O) groups excluding carboxylic acids is 3. The minimum absolute atomic E-state index is 0.0167. The van der Waals surface area contributed by atoms with Gasteiger partial charge in [-0.1, -0.05) is 18.2 Å². The number of aromatic amines is 1. The van der Waals surface area contributed by atoms with Crippen molar-refractivity contribution < 1.29 is 32.6 Å². The molecule has 2 heterocycles. The lowest BCUT2D eigenvalue weighted by molar-refractivity contribution is -0.121. The van der Waals surface area contributed by atoms with E-state index in [-0.39, 0.29) is 47.9 Å². The van der Waals surface area contributed by atoms with Gasteiger partial charge in [-0.15, -0.1) is 0 Å². The first-order valence-corrected chi connectivity index (χ1v) is 10.2. The molecule has 0 spiro atoms. The second kappa shape index (κ2) is 10.9. The number of likely N-dealkylation sites (tertiary alicyclic amines) is 1. The molecule has 1 atom stereocenters. The highest BCUT2D eigenvalue weighted by Gasteiger charge is 2.29. The van der Waals surface area contributed by atoms with Crippen LogP contribution in [0.25, 0.3) is 0 Å². The fourth-order valence-electron chi connectivity index (χ4n) is 3.47. The van der Waals surface area contributed by atoms with Crippen LogP contribution in [0.5, 0.6) is 5.75 Å². The van der Waals surface area contributed by atoms with Crippen molar-refractivity contribution in [1.82, 2.24) is 25.1 Å². The van der Waals surface area contributed by atoms with Crippen LogP contribution in [0, 0.1) is 0 Å². The molecule has 1 aliphatic heterocycles. The molecule has 1 aromatic heterocycles. The van der Waals surface area contributed by atoms with Crippen LogP contribution in [0.3, 0.4) is 0 Å². The summed E-state index contributed by atoms with van der Waals surface area (Å²) < 4.78 is 35.3. The van der Waals surface area contributed by atoms with Crippen LogP contribution >= 0.6 is 0 Å². The number of halogens is 2. The van der Waals surface area contributed by atoms with E-state index in [2.05, 4.69) is 20.0 Å². The number of H-pyrrole nitrogens is 1. The lowest BCUT2D eigenvalue weighted by Gasteiger charge is -2.22. The molecule has 33 heavy (non-hydrogen) atoms. The van der Waals surface area contributed by atoms with Gasteiger partial charge in [0.05, 0.1) is 18.8 Å². The van der Waals surface area contributed by atoms with Crippen LogP contribution in [0.15, 0.2) is 30.5 Å². The number of carbonyl (C=O) groups is 3. The average Bonchev–Trinajstić information content (AvgIpc) is 3.48. The highest BCUT2D eigenvalue weighted by atomic mass is 19.3. The van der Waals surface area contributed by atoms with Crippen LogP contribution < -0.4 is 10.1 Å². The number of likely N-dealkylation sites (N-methyl/N-ethyl adjacent to an activating group) is 1. The quantitative estimate of drug-likeness (QED) is 0.576. The summed E-state index contributed by atoms with van der Waals surface area (Å²) in [7, 11) is 2.99. The molecule has 0 aliphatic carbocycles. The summed E-state index contributed by atoms with van der Waals surface area (Å²) in [4.78, 5) is 47.3. The van der Waals surface area contributed by atoms with Gasteiger partial charge in [-0.05, 0) is 12.5 Å². The Bertz CT molecular complexity index is 999. The summed E-state index contributed by atoms with van der Waals surface area (Å²) in [6, 6.07) is 5.99. The third-order valence-electron chi connectivity index (χ3n) is 5.22. The lowest BCUT2D eigenvalue weighted by atomic mass is 10.1. The molecule has 3 amide bonds. The standard InChI is InChI=1S/C21H25F2N5O5/c1-24-17(29)12-28(10-13-5-3-4-6-16(13)33-21(22)23)19(30)15-9-25-18(26-15)20(31)27-8-7-14(11-27)32-2/h3-6,9,14,21H,7-8,10-12H2,1-2H3,(H,24,29)(H,25,26). The van der Waals surface area contributed by atoms with Gasteiger partial charge in [0.1, 0.15) is 18.0 Å². The van der Waals surface area contributed by atoms with E-state index in [0.29, 0.717) is 19.5 Å². The normalized spacial score (nSPS) is 15.5. The Labute approximate surface area is 188 Å². The molecule has 0 bridgehead atoms. The van der Waals surface area contributed by atoms with E-state index >= 15 is 0 Å². The number of amides is 3. The smallest absolute Gasteiger partial charge is 0.387 e. The predicted molar refractivity (Wildman–Crippen MR) is 112 cm³/mol. The molecule has 2 aromatic rings. The second-order valence-corrected chi connectivity index (χ2v) is 7.36. The predicted octanol–water partition coefficient (Wildman–Crippen LogP) is 1.26. The first kappa shape index (κ1) is 24.1. The molecule has 3 rings (SSSR count). The number of benzene rings is 1. The number of aromatic nitrogens is 2. The van der Waals surface area contributed by atoms with Gasteiger partial charge in [0.15, 0.2) is 5.82 Å². The number of alkyl halides is 2. The molecule has 0 saturated carbocycles. The number of methoxy groups -OCH3 is 1. The highest BCUT2D eigenvalue weighted by Crippen LogP contribution is 2.23. The molecule has 1 unspecified atom stereocenters. The van der Waals surface area contributed by atoms with Gasteiger partial charge >= 0.3 is 6.61 Å².